The first kappa shape index (κ1) is 18.6. The van der Waals surface area contributed by atoms with Gasteiger partial charge < -0.3 is 15.0 Å². The Labute approximate surface area is 140 Å². The molecule has 0 aliphatic carbocycles. The summed E-state index contributed by atoms with van der Waals surface area (Å²) < 4.78 is 41.4. The van der Waals surface area contributed by atoms with E-state index in [9.17, 15) is 18.0 Å². The monoisotopic (exact) mass is 344 g/mol. The van der Waals surface area contributed by atoms with E-state index in [1.165, 1.54) is 12.1 Å². The van der Waals surface area contributed by atoms with Crippen LogP contribution in [-0.4, -0.2) is 42.8 Å². The lowest BCUT2D eigenvalue weighted by Gasteiger charge is -2.28. The van der Waals surface area contributed by atoms with E-state index in [-0.39, 0.29) is 30.5 Å². The molecule has 0 spiro atoms. The van der Waals surface area contributed by atoms with Crippen LogP contribution in [0, 0.1) is 0 Å². The van der Waals surface area contributed by atoms with Crippen LogP contribution in [0.1, 0.15) is 31.7 Å². The van der Waals surface area contributed by atoms with Gasteiger partial charge >= 0.3 is 6.36 Å². The molecule has 0 radical (unpaired) electrons. The number of carbonyl (C=O) groups is 1. The molecular weight excluding hydrogens is 321 g/mol. The Morgan fingerprint density at radius 1 is 1.38 bits per heavy atom. The Bertz CT molecular complexity index is 543. The fourth-order valence-electron chi connectivity index (χ4n) is 2.98. The van der Waals surface area contributed by atoms with E-state index >= 15 is 0 Å². The largest absolute Gasteiger partial charge is 0.573 e. The quantitative estimate of drug-likeness (QED) is 0.826. The number of rotatable bonds is 7. The number of hydrogen-bond donors (Lipinski definition) is 1. The number of nitrogens with one attached hydrogen (secondary N) is 1. The van der Waals surface area contributed by atoms with Crippen molar-refractivity contribution >= 4 is 5.91 Å². The van der Waals surface area contributed by atoms with Gasteiger partial charge in [-0.2, -0.15) is 0 Å². The molecule has 2 rings (SSSR count). The average molecular weight is 344 g/mol. The van der Waals surface area contributed by atoms with E-state index in [1.807, 2.05) is 11.8 Å². The van der Waals surface area contributed by atoms with Gasteiger partial charge in [0.05, 0.1) is 0 Å². The molecule has 4 nitrogen and oxygen atoms in total. The lowest BCUT2D eigenvalue weighted by Crippen LogP contribution is -2.42. The van der Waals surface area contributed by atoms with Gasteiger partial charge in [0.15, 0.2) is 0 Å². The molecule has 0 aromatic heterocycles. The fraction of sp³-hybridized carbons (Fsp3) is 0.588. The van der Waals surface area contributed by atoms with Crippen LogP contribution in [0.2, 0.25) is 0 Å². The number of ether oxygens (including phenoxy) is 1. The van der Waals surface area contributed by atoms with Crippen molar-refractivity contribution in [2.75, 3.05) is 19.6 Å². The van der Waals surface area contributed by atoms with Gasteiger partial charge in [-0.3, -0.25) is 4.79 Å². The predicted molar refractivity (Wildman–Crippen MR) is 84.7 cm³/mol. The lowest BCUT2D eigenvalue weighted by molar-refractivity contribution is -0.274. The second-order valence-electron chi connectivity index (χ2n) is 5.89. The molecule has 1 aliphatic heterocycles. The molecular formula is C17H23F3N2O2. The topological polar surface area (TPSA) is 41.6 Å². The number of alkyl halides is 3. The first-order chi connectivity index (χ1) is 11.4. The maximum Gasteiger partial charge on any atom is 0.573 e. The molecule has 1 atom stereocenters. The van der Waals surface area contributed by atoms with Gasteiger partial charge in [-0.1, -0.05) is 25.1 Å². The summed E-state index contributed by atoms with van der Waals surface area (Å²) in [4.78, 5) is 14.4. The second-order valence-corrected chi connectivity index (χ2v) is 5.89. The Morgan fingerprint density at radius 3 is 2.75 bits per heavy atom. The third kappa shape index (κ3) is 5.40. The van der Waals surface area contributed by atoms with E-state index < -0.39 is 6.36 Å². The highest BCUT2D eigenvalue weighted by Gasteiger charge is 2.32. The first-order valence-electron chi connectivity index (χ1n) is 8.24. The highest BCUT2D eigenvalue weighted by Crippen LogP contribution is 2.27. The number of para-hydroxylation sites is 1. The molecule has 1 N–H and O–H groups in total. The molecule has 1 aliphatic rings. The predicted octanol–water partition coefficient (Wildman–Crippen LogP) is 3.12. The number of amides is 1. The summed E-state index contributed by atoms with van der Waals surface area (Å²) in [6, 6.07) is 6.15. The van der Waals surface area contributed by atoms with Crippen LogP contribution in [0.15, 0.2) is 24.3 Å². The van der Waals surface area contributed by atoms with E-state index in [0.717, 1.165) is 25.9 Å². The summed E-state index contributed by atoms with van der Waals surface area (Å²) in [5, 5.41) is 3.24. The Kier molecular flexibility index (Phi) is 6.48. The van der Waals surface area contributed by atoms with Crippen LogP contribution in [0.3, 0.4) is 0 Å². The van der Waals surface area contributed by atoms with Crippen LogP contribution in [0.25, 0.3) is 0 Å². The van der Waals surface area contributed by atoms with Gasteiger partial charge in [-0.05, 0) is 37.4 Å². The Morgan fingerprint density at radius 2 is 2.12 bits per heavy atom. The summed E-state index contributed by atoms with van der Waals surface area (Å²) >= 11 is 0. The molecule has 24 heavy (non-hydrogen) atoms. The zero-order valence-electron chi connectivity index (χ0n) is 13.7. The minimum Gasteiger partial charge on any atom is -0.406 e. The van der Waals surface area contributed by atoms with E-state index in [2.05, 4.69) is 10.1 Å². The third-order valence-corrected chi connectivity index (χ3v) is 4.07. The fourth-order valence-corrected chi connectivity index (χ4v) is 2.98. The third-order valence-electron chi connectivity index (χ3n) is 4.07. The summed E-state index contributed by atoms with van der Waals surface area (Å²) in [5.74, 6) is -0.255. The molecule has 1 aromatic rings. The number of halogens is 3. The summed E-state index contributed by atoms with van der Waals surface area (Å²) in [5.41, 5.74) is 0.393. The smallest absolute Gasteiger partial charge is 0.406 e. The molecule has 134 valence electrons. The molecule has 1 unspecified atom stereocenters. The lowest BCUT2D eigenvalue weighted by atomic mass is 10.1. The molecule has 0 bridgehead atoms. The van der Waals surface area contributed by atoms with Crippen molar-refractivity contribution in [1.29, 1.82) is 0 Å². The molecule has 1 aromatic carbocycles. The molecule has 0 saturated carbocycles. The van der Waals surface area contributed by atoms with Gasteiger partial charge in [0.25, 0.3) is 0 Å². The van der Waals surface area contributed by atoms with Crippen molar-refractivity contribution in [3.05, 3.63) is 29.8 Å². The van der Waals surface area contributed by atoms with E-state index in [4.69, 9.17) is 0 Å². The minimum absolute atomic E-state index is 0.0210. The Hall–Kier alpha value is -1.76. The minimum atomic E-state index is -4.73. The molecule has 1 saturated heterocycles. The molecule has 7 heteroatoms. The maximum atomic E-state index is 12.5. The van der Waals surface area contributed by atoms with Crippen molar-refractivity contribution in [1.82, 2.24) is 10.2 Å². The van der Waals surface area contributed by atoms with Crippen molar-refractivity contribution < 1.29 is 22.7 Å². The Balaban J connectivity index is 1.99. The summed E-state index contributed by atoms with van der Waals surface area (Å²) in [7, 11) is 0. The standard InChI is InChI=1S/C17H23F3N2O2/c1-2-11-22(14-9-10-21-12-14)16(23)8-7-13-5-3-4-6-15(13)24-17(18,19)20/h3-6,14,21H,2,7-12H2,1H3. The van der Waals surface area contributed by atoms with Crippen molar-refractivity contribution in [2.24, 2.45) is 0 Å². The average Bonchev–Trinajstić information content (AvgIpc) is 3.04. The van der Waals surface area contributed by atoms with Crippen LogP contribution >= 0.6 is 0 Å². The highest BCUT2D eigenvalue weighted by molar-refractivity contribution is 5.77. The number of aryl methyl sites for hydroxylation is 1. The first-order valence-corrected chi connectivity index (χ1v) is 8.24. The van der Waals surface area contributed by atoms with Crippen LogP contribution in [-0.2, 0) is 11.2 Å². The van der Waals surface area contributed by atoms with Crippen molar-refractivity contribution in [2.45, 2.75) is 45.0 Å². The number of benzene rings is 1. The second kappa shape index (κ2) is 8.37. The van der Waals surface area contributed by atoms with Gasteiger partial charge in [0.1, 0.15) is 5.75 Å². The van der Waals surface area contributed by atoms with Gasteiger partial charge in [0, 0.05) is 25.6 Å². The van der Waals surface area contributed by atoms with Gasteiger partial charge in [-0.25, -0.2) is 0 Å². The SMILES string of the molecule is CCCN(C(=O)CCc1ccccc1OC(F)(F)F)C1CCNC1. The molecule has 1 fully saturated rings. The summed E-state index contributed by atoms with van der Waals surface area (Å²) in [6.07, 6.45) is -2.56. The van der Waals surface area contributed by atoms with Crippen LogP contribution < -0.4 is 10.1 Å². The number of nitrogens with zero attached hydrogens (tertiary/aromatic N) is 1. The molecule has 1 heterocycles. The number of hydrogen-bond acceptors (Lipinski definition) is 3. The number of carbonyl (C=O) groups excluding carboxylic acids is 1. The van der Waals surface area contributed by atoms with Crippen LogP contribution in [0.5, 0.6) is 5.75 Å². The van der Waals surface area contributed by atoms with Gasteiger partial charge in [-0.15, -0.1) is 13.2 Å². The van der Waals surface area contributed by atoms with Crippen LogP contribution in [0.4, 0.5) is 13.2 Å². The van der Waals surface area contributed by atoms with Gasteiger partial charge in [0.2, 0.25) is 5.91 Å². The van der Waals surface area contributed by atoms with Crippen molar-refractivity contribution in [3.63, 3.8) is 0 Å². The summed E-state index contributed by atoms with van der Waals surface area (Å²) in [6.45, 7) is 4.35. The maximum absolute atomic E-state index is 12.5. The molecule has 1 amide bonds. The van der Waals surface area contributed by atoms with E-state index in [0.29, 0.717) is 12.1 Å². The van der Waals surface area contributed by atoms with Crippen molar-refractivity contribution in [3.8, 4) is 5.75 Å². The normalized spacial score (nSPS) is 17.8. The zero-order valence-corrected chi connectivity index (χ0v) is 13.7. The highest BCUT2D eigenvalue weighted by atomic mass is 19.4. The zero-order chi connectivity index (χ0) is 17.6. The van der Waals surface area contributed by atoms with E-state index in [1.54, 1.807) is 12.1 Å².